The van der Waals surface area contributed by atoms with E-state index in [-0.39, 0.29) is 6.04 Å². The van der Waals surface area contributed by atoms with Crippen molar-refractivity contribution in [3.63, 3.8) is 0 Å². The van der Waals surface area contributed by atoms with Crippen LogP contribution in [0.25, 0.3) is 0 Å². The van der Waals surface area contributed by atoms with Crippen LogP contribution in [0.5, 0.6) is 0 Å². The molecule has 0 saturated heterocycles. The Hall–Kier alpha value is -1.56. The Morgan fingerprint density at radius 3 is 2.91 bits per heavy atom. The first kappa shape index (κ1) is 15.3. The minimum atomic E-state index is -0.408. The number of benzene rings is 1. The monoisotopic (exact) mass is 353 g/mol. The van der Waals surface area contributed by atoms with Gasteiger partial charge in [-0.2, -0.15) is 5.10 Å². The third-order valence-corrected chi connectivity index (χ3v) is 5.11. The Morgan fingerprint density at radius 1 is 1.41 bits per heavy atom. The zero-order valence-electron chi connectivity index (χ0n) is 11.5. The number of hydrazone groups is 1. The lowest BCUT2D eigenvalue weighted by atomic mass is 10.0. The standard InChI is InChI=1S/C15H13Cl2N3OS/c16-10-2-1-8(12(17)5-10)3-11-6-13(20-19-11)14-4-9(7-22-14)15(18)21/h1-2,4-5,7,13,20H,3,6H2,(H2,18,21). The largest absolute Gasteiger partial charge is 0.366 e. The number of carbonyl (C=O) groups excluding carboxylic acids is 1. The van der Waals surface area contributed by atoms with Crippen molar-refractivity contribution in [1.82, 2.24) is 5.43 Å². The third-order valence-electron chi connectivity index (χ3n) is 3.48. The number of nitrogens with zero attached hydrogens (tertiary/aromatic N) is 1. The van der Waals surface area contributed by atoms with Gasteiger partial charge in [-0.15, -0.1) is 11.3 Å². The molecule has 1 aromatic heterocycles. The molecule has 114 valence electrons. The van der Waals surface area contributed by atoms with Crippen molar-refractivity contribution in [2.45, 2.75) is 18.9 Å². The summed E-state index contributed by atoms with van der Waals surface area (Å²) in [6.07, 6.45) is 1.45. The highest BCUT2D eigenvalue weighted by molar-refractivity contribution is 7.10. The fourth-order valence-electron chi connectivity index (χ4n) is 2.32. The normalized spacial score (nSPS) is 17.2. The number of primary amides is 1. The van der Waals surface area contributed by atoms with Crippen LogP contribution in [-0.4, -0.2) is 11.6 Å². The molecule has 2 heterocycles. The quantitative estimate of drug-likeness (QED) is 0.877. The van der Waals surface area contributed by atoms with Gasteiger partial charge in [0.05, 0.1) is 11.6 Å². The Balaban J connectivity index is 1.67. The van der Waals surface area contributed by atoms with Crippen molar-refractivity contribution < 1.29 is 4.79 Å². The number of nitrogens with two attached hydrogens (primary N) is 1. The average molecular weight is 354 g/mol. The van der Waals surface area contributed by atoms with Crippen molar-refractivity contribution >= 4 is 46.2 Å². The lowest BCUT2D eigenvalue weighted by Gasteiger charge is -2.07. The predicted molar refractivity (Wildman–Crippen MR) is 90.9 cm³/mol. The van der Waals surface area contributed by atoms with Gasteiger partial charge in [0.25, 0.3) is 0 Å². The lowest BCUT2D eigenvalue weighted by Crippen LogP contribution is -2.11. The van der Waals surface area contributed by atoms with Crippen LogP contribution in [0.3, 0.4) is 0 Å². The van der Waals surface area contributed by atoms with Crippen LogP contribution >= 0.6 is 34.5 Å². The summed E-state index contributed by atoms with van der Waals surface area (Å²) < 4.78 is 0. The number of nitrogens with one attached hydrogen (secondary N) is 1. The fraction of sp³-hybridized carbons (Fsp3) is 0.200. The van der Waals surface area contributed by atoms with Crippen molar-refractivity contribution in [2.75, 3.05) is 0 Å². The van der Waals surface area contributed by atoms with Gasteiger partial charge < -0.3 is 11.2 Å². The van der Waals surface area contributed by atoms with E-state index in [9.17, 15) is 4.79 Å². The van der Waals surface area contributed by atoms with Gasteiger partial charge in [0.2, 0.25) is 5.91 Å². The molecule has 0 bridgehead atoms. The van der Waals surface area contributed by atoms with Crippen LogP contribution in [0, 0.1) is 0 Å². The summed E-state index contributed by atoms with van der Waals surface area (Å²) in [7, 11) is 0. The molecule has 3 rings (SSSR count). The number of carbonyl (C=O) groups is 1. The minimum absolute atomic E-state index is 0.0826. The van der Waals surface area contributed by atoms with E-state index in [1.54, 1.807) is 11.4 Å². The summed E-state index contributed by atoms with van der Waals surface area (Å²) in [5.74, 6) is -0.408. The molecular weight excluding hydrogens is 341 g/mol. The molecule has 3 N–H and O–H groups in total. The molecule has 1 amide bonds. The SMILES string of the molecule is NC(=O)c1csc(C2CC(Cc3ccc(Cl)cc3Cl)=NN2)c1. The first-order valence-corrected chi connectivity index (χ1v) is 8.29. The first-order chi connectivity index (χ1) is 10.5. The average Bonchev–Trinajstić information content (AvgIpc) is 3.10. The molecule has 1 atom stereocenters. The van der Waals surface area contributed by atoms with Gasteiger partial charge in [0.15, 0.2) is 0 Å². The van der Waals surface area contributed by atoms with E-state index in [2.05, 4.69) is 10.5 Å². The van der Waals surface area contributed by atoms with E-state index in [1.165, 1.54) is 11.3 Å². The number of hydrogen-bond donors (Lipinski definition) is 2. The topological polar surface area (TPSA) is 67.5 Å². The molecule has 1 aliphatic heterocycles. The molecule has 4 nitrogen and oxygen atoms in total. The second-order valence-electron chi connectivity index (χ2n) is 5.08. The van der Waals surface area contributed by atoms with E-state index < -0.39 is 5.91 Å². The van der Waals surface area contributed by atoms with Gasteiger partial charge >= 0.3 is 0 Å². The van der Waals surface area contributed by atoms with Crippen molar-refractivity contribution in [3.8, 4) is 0 Å². The highest BCUT2D eigenvalue weighted by Crippen LogP contribution is 2.29. The zero-order valence-corrected chi connectivity index (χ0v) is 13.8. The Bertz CT molecular complexity index is 757. The van der Waals surface area contributed by atoms with Crippen LogP contribution < -0.4 is 11.2 Å². The molecule has 2 aromatic rings. The summed E-state index contributed by atoms with van der Waals surface area (Å²) in [5, 5.41) is 7.41. The number of amides is 1. The number of thiophene rings is 1. The summed E-state index contributed by atoms with van der Waals surface area (Å²) in [5.41, 5.74) is 10.9. The van der Waals surface area contributed by atoms with Gasteiger partial charge in [0.1, 0.15) is 0 Å². The number of halogens is 2. The molecule has 0 aliphatic carbocycles. The Morgan fingerprint density at radius 2 is 2.23 bits per heavy atom. The molecule has 1 aromatic carbocycles. The first-order valence-electron chi connectivity index (χ1n) is 6.66. The molecular formula is C15H13Cl2N3OS. The smallest absolute Gasteiger partial charge is 0.249 e. The van der Waals surface area contributed by atoms with E-state index in [1.807, 2.05) is 18.2 Å². The molecule has 1 unspecified atom stereocenters. The summed E-state index contributed by atoms with van der Waals surface area (Å²) in [6, 6.07) is 7.37. The van der Waals surface area contributed by atoms with Gasteiger partial charge in [-0.05, 0) is 23.8 Å². The van der Waals surface area contributed by atoms with Crippen LogP contribution in [0.15, 0.2) is 34.7 Å². The van der Waals surface area contributed by atoms with Crippen molar-refractivity contribution in [1.29, 1.82) is 0 Å². The highest BCUT2D eigenvalue weighted by atomic mass is 35.5. The van der Waals surface area contributed by atoms with Crippen LogP contribution in [0.4, 0.5) is 0 Å². The van der Waals surface area contributed by atoms with E-state index in [0.29, 0.717) is 22.0 Å². The van der Waals surface area contributed by atoms with Crippen LogP contribution in [-0.2, 0) is 6.42 Å². The molecule has 7 heteroatoms. The zero-order chi connectivity index (χ0) is 15.7. The van der Waals surface area contributed by atoms with E-state index in [4.69, 9.17) is 28.9 Å². The van der Waals surface area contributed by atoms with Crippen LogP contribution in [0.1, 0.15) is 33.3 Å². The van der Waals surface area contributed by atoms with E-state index in [0.717, 1.165) is 22.6 Å². The summed E-state index contributed by atoms with van der Waals surface area (Å²) >= 11 is 13.6. The molecule has 1 aliphatic rings. The van der Waals surface area contributed by atoms with Gasteiger partial charge in [-0.3, -0.25) is 4.79 Å². The maximum atomic E-state index is 11.2. The molecule has 0 fully saturated rings. The van der Waals surface area contributed by atoms with E-state index >= 15 is 0 Å². The number of hydrogen-bond acceptors (Lipinski definition) is 4. The molecule has 0 saturated carbocycles. The Labute approximate surface area is 141 Å². The van der Waals surface area contributed by atoms with Crippen LogP contribution in [0.2, 0.25) is 10.0 Å². The van der Waals surface area contributed by atoms with Crippen molar-refractivity contribution in [3.05, 3.63) is 55.7 Å². The summed E-state index contributed by atoms with van der Waals surface area (Å²) in [4.78, 5) is 12.2. The summed E-state index contributed by atoms with van der Waals surface area (Å²) in [6.45, 7) is 0. The van der Waals surface area contributed by atoms with Gasteiger partial charge in [-0.25, -0.2) is 0 Å². The highest BCUT2D eigenvalue weighted by Gasteiger charge is 2.22. The predicted octanol–water partition coefficient (Wildman–Crippen LogP) is 3.79. The molecule has 0 radical (unpaired) electrons. The number of rotatable bonds is 4. The fourth-order valence-corrected chi connectivity index (χ4v) is 3.74. The molecule has 22 heavy (non-hydrogen) atoms. The van der Waals surface area contributed by atoms with Crippen molar-refractivity contribution in [2.24, 2.45) is 10.8 Å². The van der Waals surface area contributed by atoms with Gasteiger partial charge in [0, 0.05) is 38.9 Å². The lowest BCUT2D eigenvalue weighted by molar-refractivity contribution is 0.100. The minimum Gasteiger partial charge on any atom is -0.366 e. The maximum absolute atomic E-state index is 11.2. The second kappa shape index (κ2) is 6.28. The Kier molecular flexibility index (Phi) is 4.38. The van der Waals surface area contributed by atoms with Gasteiger partial charge in [-0.1, -0.05) is 29.3 Å². The maximum Gasteiger partial charge on any atom is 0.249 e. The second-order valence-corrected chi connectivity index (χ2v) is 6.86. The third kappa shape index (κ3) is 3.27. The molecule has 0 spiro atoms.